The van der Waals surface area contributed by atoms with Crippen molar-refractivity contribution < 1.29 is 9.21 Å². The van der Waals surface area contributed by atoms with Crippen LogP contribution in [0, 0.1) is 13.8 Å². The highest BCUT2D eigenvalue weighted by atomic mass is 16.3. The first-order chi connectivity index (χ1) is 9.13. The van der Waals surface area contributed by atoms with Gasteiger partial charge in [0.25, 0.3) is 5.91 Å². The number of rotatable bonds is 2. The van der Waals surface area contributed by atoms with Crippen LogP contribution in [-0.2, 0) is 0 Å². The standard InChI is InChI=1S/C14H13N3O2/c1-8-3-4-11-10(5-8)6-12(19-11)14(18)16-13-9(2)7-15-17-13/h3-7H,1-2H3,(H2,15,16,17,18). The van der Waals surface area contributed by atoms with Gasteiger partial charge >= 0.3 is 0 Å². The van der Waals surface area contributed by atoms with Crippen LogP contribution in [0.1, 0.15) is 21.7 Å². The van der Waals surface area contributed by atoms with Gasteiger partial charge in [-0.25, -0.2) is 0 Å². The number of nitrogens with zero attached hydrogens (tertiary/aromatic N) is 1. The molecule has 2 aromatic heterocycles. The number of hydrogen-bond donors (Lipinski definition) is 2. The number of carbonyl (C=O) groups is 1. The first kappa shape index (κ1) is 11.5. The van der Waals surface area contributed by atoms with E-state index in [0.717, 1.165) is 16.5 Å². The molecular weight excluding hydrogens is 242 g/mol. The van der Waals surface area contributed by atoms with Crippen molar-refractivity contribution in [3.8, 4) is 0 Å². The summed E-state index contributed by atoms with van der Waals surface area (Å²) in [5.74, 6) is 0.581. The van der Waals surface area contributed by atoms with Crippen LogP contribution in [0.5, 0.6) is 0 Å². The third-order valence-electron chi connectivity index (χ3n) is 2.96. The van der Waals surface area contributed by atoms with E-state index in [1.807, 2.05) is 32.0 Å². The minimum atomic E-state index is -0.291. The van der Waals surface area contributed by atoms with Gasteiger partial charge in [-0.15, -0.1) is 0 Å². The van der Waals surface area contributed by atoms with Crippen LogP contribution < -0.4 is 5.32 Å². The van der Waals surface area contributed by atoms with Gasteiger partial charge in [-0.3, -0.25) is 9.89 Å². The number of hydrogen-bond acceptors (Lipinski definition) is 3. The number of aryl methyl sites for hydroxylation is 2. The van der Waals surface area contributed by atoms with Crippen LogP contribution in [0.3, 0.4) is 0 Å². The number of carbonyl (C=O) groups excluding carboxylic acids is 1. The molecule has 1 aromatic carbocycles. The van der Waals surface area contributed by atoms with Crippen LogP contribution in [0.2, 0.25) is 0 Å². The molecule has 0 saturated heterocycles. The minimum Gasteiger partial charge on any atom is -0.451 e. The van der Waals surface area contributed by atoms with Crippen LogP contribution in [0.4, 0.5) is 5.82 Å². The molecule has 2 heterocycles. The van der Waals surface area contributed by atoms with E-state index < -0.39 is 0 Å². The van der Waals surface area contributed by atoms with Crippen molar-refractivity contribution in [1.82, 2.24) is 10.2 Å². The average Bonchev–Trinajstić information content (AvgIpc) is 2.96. The van der Waals surface area contributed by atoms with Gasteiger partial charge in [0.05, 0.1) is 6.20 Å². The predicted octanol–water partition coefficient (Wildman–Crippen LogP) is 3.03. The number of benzene rings is 1. The molecule has 0 aliphatic rings. The molecular formula is C14H13N3O2. The first-order valence-electron chi connectivity index (χ1n) is 5.95. The van der Waals surface area contributed by atoms with Gasteiger partial charge in [0.15, 0.2) is 5.76 Å². The van der Waals surface area contributed by atoms with E-state index in [1.165, 1.54) is 0 Å². The predicted molar refractivity (Wildman–Crippen MR) is 72.2 cm³/mol. The first-order valence-corrected chi connectivity index (χ1v) is 5.95. The van der Waals surface area contributed by atoms with E-state index in [9.17, 15) is 4.79 Å². The summed E-state index contributed by atoms with van der Waals surface area (Å²) in [7, 11) is 0. The molecule has 0 aliphatic carbocycles. The lowest BCUT2D eigenvalue weighted by atomic mass is 10.2. The molecule has 0 bridgehead atoms. The van der Waals surface area contributed by atoms with E-state index in [2.05, 4.69) is 15.5 Å². The Labute approximate surface area is 109 Å². The van der Waals surface area contributed by atoms with Crippen molar-refractivity contribution in [2.24, 2.45) is 0 Å². The van der Waals surface area contributed by atoms with Gasteiger partial charge in [0.1, 0.15) is 11.4 Å². The fourth-order valence-electron chi connectivity index (χ4n) is 1.92. The van der Waals surface area contributed by atoms with E-state index in [-0.39, 0.29) is 11.7 Å². The van der Waals surface area contributed by atoms with E-state index in [0.29, 0.717) is 11.4 Å². The highest BCUT2D eigenvalue weighted by Crippen LogP contribution is 2.21. The molecule has 3 rings (SSSR count). The van der Waals surface area contributed by atoms with E-state index in [1.54, 1.807) is 12.3 Å². The van der Waals surface area contributed by atoms with Gasteiger partial charge in [-0.1, -0.05) is 11.6 Å². The Kier molecular flexibility index (Phi) is 2.59. The quantitative estimate of drug-likeness (QED) is 0.739. The van der Waals surface area contributed by atoms with Crippen molar-refractivity contribution in [3.05, 3.63) is 47.3 Å². The number of anilines is 1. The summed E-state index contributed by atoms with van der Waals surface area (Å²) in [6.07, 6.45) is 1.65. The average molecular weight is 255 g/mol. The molecule has 2 N–H and O–H groups in total. The van der Waals surface area contributed by atoms with Crippen LogP contribution >= 0.6 is 0 Å². The summed E-state index contributed by atoms with van der Waals surface area (Å²) in [5.41, 5.74) is 2.71. The number of H-pyrrole nitrogens is 1. The number of aromatic nitrogens is 2. The number of aromatic amines is 1. The van der Waals surface area contributed by atoms with Crippen molar-refractivity contribution in [2.75, 3.05) is 5.32 Å². The number of amides is 1. The maximum atomic E-state index is 12.1. The van der Waals surface area contributed by atoms with Crippen molar-refractivity contribution in [1.29, 1.82) is 0 Å². The highest BCUT2D eigenvalue weighted by Gasteiger charge is 2.14. The molecule has 3 aromatic rings. The zero-order valence-electron chi connectivity index (χ0n) is 10.7. The second kappa shape index (κ2) is 4.28. The minimum absolute atomic E-state index is 0.287. The summed E-state index contributed by atoms with van der Waals surface area (Å²) in [4.78, 5) is 12.1. The summed E-state index contributed by atoms with van der Waals surface area (Å²) >= 11 is 0. The van der Waals surface area contributed by atoms with Gasteiger partial charge in [0, 0.05) is 10.9 Å². The Hall–Kier alpha value is -2.56. The molecule has 19 heavy (non-hydrogen) atoms. The van der Waals surface area contributed by atoms with Gasteiger partial charge in [0.2, 0.25) is 0 Å². The smallest absolute Gasteiger partial charge is 0.292 e. The highest BCUT2D eigenvalue weighted by molar-refractivity contribution is 6.04. The summed E-state index contributed by atoms with van der Waals surface area (Å²) in [5, 5.41) is 10.2. The molecule has 0 radical (unpaired) electrons. The zero-order chi connectivity index (χ0) is 13.4. The lowest BCUT2D eigenvalue weighted by Crippen LogP contribution is -2.11. The Balaban J connectivity index is 1.91. The topological polar surface area (TPSA) is 70.9 Å². The number of fused-ring (bicyclic) bond motifs is 1. The third-order valence-corrected chi connectivity index (χ3v) is 2.96. The Morgan fingerprint density at radius 3 is 2.89 bits per heavy atom. The second-order valence-electron chi connectivity index (χ2n) is 4.53. The molecule has 1 amide bonds. The lowest BCUT2D eigenvalue weighted by molar-refractivity contribution is 0.0998. The van der Waals surface area contributed by atoms with Gasteiger partial charge in [-0.05, 0) is 32.0 Å². The Morgan fingerprint density at radius 1 is 1.32 bits per heavy atom. The maximum absolute atomic E-state index is 12.1. The van der Waals surface area contributed by atoms with Crippen molar-refractivity contribution >= 4 is 22.7 Å². The molecule has 0 spiro atoms. The molecule has 5 nitrogen and oxygen atoms in total. The number of nitrogens with one attached hydrogen (secondary N) is 2. The summed E-state index contributed by atoms with van der Waals surface area (Å²) in [6, 6.07) is 7.54. The van der Waals surface area contributed by atoms with Gasteiger partial charge < -0.3 is 9.73 Å². The monoisotopic (exact) mass is 255 g/mol. The fourth-order valence-corrected chi connectivity index (χ4v) is 1.92. The molecule has 96 valence electrons. The Morgan fingerprint density at radius 2 is 2.16 bits per heavy atom. The fraction of sp³-hybridized carbons (Fsp3) is 0.143. The Bertz CT molecular complexity index is 755. The number of furan rings is 1. The van der Waals surface area contributed by atoms with E-state index >= 15 is 0 Å². The van der Waals surface area contributed by atoms with Gasteiger partial charge in [-0.2, -0.15) is 5.10 Å². The van der Waals surface area contributed by atoms with Crippen molar-refractivity contribution in [2.45, 2.75) is 13.8 Å². The SMILES string of the molecule is Cc1ccc2oc(C(=O)Nc3[nH]ncc3C)cc2c1. The van der Waals surface area contributed by atoms with Crippen molar-refractivity contribution in [3.63, 3.8) is 0 Å². The molecule has 0 atom stereocenters. The molecule has 0 fully saturated rings. The molecule has 5 heteroatoms. The second-order valence-corrected chi connectivity index (χ2v) is 4.53. The van der Waals surface area contributed by atoms with E-state index in [4.69, 9.17) is 4.42 Å². The van der Waals surface area contributed by atoms with Crippen LogP contribution in [-0.4, -0.2) is 16.1 Å². The third kappa shape index (κ3) is 2.10. The molecule has 0 saturated carbocycles. The zero-order valence-corrected chi connectivity index (χ0v) is 10.7. The van der Waals surface area contributed by atoms with Crippen LogP contribution in [0.15, 0.2) is 34.9 Å². The summed E-state index contributed by atoms with van der Waals surface area (Å²) < 4.78 is 5.53. The lowest BCUT2D eigenvalue weighted by Gasteiger charge is -2.00. The van der Waals surface area contributed by atoms with Crippen LogP contribution in [0.25, 0.3) is 11.0 Å². The molecule has 0 unspecified atom stereocenters. The molecule has 0 aliphatic heterocycles. The maximum Gasteiger partial charge on any atom is 0.292 e. The summed E-state index contributed by atoms with van der Waals surface area (Å²) in [6.45, 7) is 3.86. The largest absolute Gasteiger partial charge is 0.451 e. The normalized spacial score (nSPS) is 10.8.